The van der Waals surface area contributed by atoms with Crippen LogP contribution in [0.1, 0.15) is 50.6 Å². The van der Waals surface area contributed by atoms with E-state index in [1.807, 2.05) is 35.2 Å². The van der Waals surface area contributed by atoms with Gasteiger partial charge in [0.1, 0.15) is 0 Å². The molecule has 1 aliphatic rings. The summed E-state index contributed by atoms with van der Waals surface area (Å²) in [6.45, 7) is 2.14. The molecule has 1 saturated heterocycles. The lowest BCUT2D eigenvalue weighted by Crippen LogP contribution is -2.46. The van der Waals surface area contributed by atoms with E-state index in [-0.39, 0.29) is 24.6 Å². The van der Waals surface area contributed by atoms with E-state index in [1.165, 1.54) is 0 Å². The van der Waals surface area contributed by atoms with Crippen LogP contribution in [0.15, 0.2) is 30.3 Å². The van der Waals surface area contributed by atoms with Crippen LogP contribution in [-0.4, -0.2) is 28.6 Å². The number of carbonyl (C=O) groups excluding carboxylic acids is 1. The number of hydrogen-bond donors (Lipinski definition) is 1. The van der Waals surface area contributed by atoms with Gasteiger partial charge in [0.05, 0.1) is 12.6 Å². The van der Waals surface area contributed by atoms with Crippen molar-refractivity contribution in [2.75, 3.05) is 6.61 Å². The van der Waals surface area contributed by atoms with Gasteiger partial charge in [-0.2, -0.15) is 0 Å². The number of aliphatic hydroxyl groups is 1. The Morgan fingerprint density at radius 1 is 1.37 bits per heavy atom. The summed E-state index contributed by atoms with van der Waals surface area (Å²) in [4.78, 5) is 14.2. The molecule has 0 saturated carbocycles. The van der Waals surface area contributed by atoms with E-state index in [2.05, 4.69) is 6.92 Å². The van der Waals surface area contributed by atoms with Crippen molar-refractivity contribution in [2.24, 2.45) is 0 Å². The molecule has 104 valence electrons. The Morgan fingerprint density at radius 3 is 2.74 bits per heavy atom. The molecule has 1 heterocycles. The fourth-order valence-corrected chi connectivity index (χ4v) is 3.03. The van der Waals surface area contributed by atoms with Crippen molar-refractivity contribution < 1.29 is 9.90 Å². The first kappa shape index (κ1) is 14.1. The lowest BCUT2D eigenvalue weighted by atomic mass is 9.93. The van der Waals surface area contributed by atoms with Gasteiger partial charge in [-0.05, 0) is 24.8 Å². The molecule has 2 atom stereocenters. The first-order chi connectivity index (χ1) is 9.27. The minimum Gasteiger partial charge on any atom is -0.394 e. The zero-order valence-corrected chi connectivity index (χ0v) is 11.6. The fraction of sp³-hybridized carbons (Fsp3) is 0.562. The second-order valence-electron chi connectivity index (χ2n) is 5.24. The van der Waals surface area contributed by atoms with Crippen LogP contribution in [0.3, 0.4) is 0 Å². The monoisotopic (exact) mass is 261 g/mol. The highest BCUT2D eigenvalue weighted by atomic mass is 16.3. The van der Waals surface area contributed by atoms with Crippen LogP contribution in [0.25, 0.3) is 0 Å². The summed E-state index contributed by atoms with van der Waals surface area (Å²) < 4.78 is 0. The summed E-state index contributed by atoms with van der Waals surface area (Å²) in [5.74, 6) is 0.188. The molecule has 1 fully saturated rings. The van der Waals surface area contributed by atoms with Crippen LogP contribution in [0.2, 0.25) is 0 Å². The van der Waals surface area contributed by atoms with Crippen molar-refractivity contribution in [3.63, 3.8) is 0 Å². The van der Waals surface area contributed by atoms with Crippen molar-refractivity contribution in [3.8, 4) is 0 Å². The highest BCUT2D eigenvalue weighted by molar-refractivity contribution is 5.78. The van der Waals surface area contributed by atoms with E-state index < -0.39 is 0 Å². The van der Waals surface area contributed by atoms with E-state index in [0.717, 1.165) is 31.2 Å². The maximum atomic E-state index is 12.3. The Labute approximate surface area is 115 Å². The summed E-state index contributed by atoms with van der Waals surface area (Å²) in [5, 5.41) is 9.74. The maximum Gasteiger partial charge on any atom is 0.223 e. The van der Waals surface area contributed by atoms with Crippen molar-refractivity contribution in [2.45, 2.75) is 51.1 Å². The van der Waals surface area contributed by atoms with Crippen molar-refractivity contribution >= 4 is 5.91 Å². The van der Waals surface area contributed by atoms with Crippen molar-refractivity contribution in [1.82, 2.24) is 4.90 Å². The largest absolute Gasteiger partial charge is 0.394 e. The molecule has 0 radical (unpaired) electrons. The minimum absolute atomic E-state index is 0.00400. The number of likely N-dealkylation sites (tertiary alicyclic amines) is 1. The van der Waals surface area contributed by atoms with Gasteiger partial charge in [0.25, 0.3) is 0 Å². The Morgan fingerprint density at radius 2 is 2.11 bits per heavy atom. The molecule has 2 rings (SSSR count). The third kappa shape index (κ3) is 3.16. The molecule has 0 aliphatic carbocycles. The zero-order chi connectivity index (χ0) is 13.7. The molecule has 1 aromatic carbocycles. The molecule has 0 bridgehead atoms. The van der Waals surface area contributed by atoms with Gasteiger partial charge in [-0.25, -0.2) is 0 Å². The SMILES string of the molecule is CCC[C@H]1CCCC(=O)N1[C@@H](CO)c1ccccc1. The van der Waals surface area contributed by atoms with E-state index in [4.69, 9.17) is 0 Å². The smallest absolute Gasteiger partial charge is 0.223 e. The number of carbonyl (C=O) groups is 1. The Balaban J connectivity index is 2.25. The van der Waals surface area contributed by atoms with Gasteiger partial charge < -0.3 is 10.0 Å². The molecule has 0 spiro atoms. The predicted octanol–water partition coefficient (Wildman–Crippen LogP) is 2.90. The highest BCUT2D eigenvalue weighted by Gasteiger charge is 2.33. The lowest BCUT2D eigenvalue weighted by Gasteiger charge is -2.41. The second-order valence-corrected chi connectivity index (χ2v) is 5.24. The van der Waals surface area contributed by atoms with Gasteiger partial charge in [-0.3, -0.25) is 4.79 Å². The summed E-state index contributed by atoms with van der Waals surface area (Å²) in [5.41, 5.74) is 1.03. The van der Waals surface area contributed by atoms with Gasteiger partial charge in [-0.15, -0.1) is 0 Å². The average molecular weight is 261 g/mol. The third-order valence-electron chi connectivity index (χ3n) is 3.92. The Bertz CT molecular complexity index is 402. The average Bonchev–Trinajstić information content (AvgIpc) is 2.44. The van der Waals surface area contributed by atoms with Crippen LogP contribution in [-0.2, 0) is 4.79 Å². The Kier molecular flexibility index (Phi) is 4.97. The van der Waals surface area contributed by atoms with Gasteiger partial charge in [0, 0.05) is 12.5 Å². The zero-order valence-electron chi connectivity index (χ0n) is 11.6. The van der Waals surface area contributed by atoms with E-state index in [0.29, 0.717) is 6.42 Å². The molecular weight excluding hydrogens is 238 g/mol. The topological polar surface area (TPSA) is 40.5 Å². The quantitative estimate of drug-likeness (QED) is 0.885. The van der Waals surface area contributed by atoms with Gasteiger partial charge in [-0.1, -0.05) is 43.7 Å². The van der Waals surface area contributed by atoms with E-state index >= 15 is 0 Å². The normalized spacial score (nSPS) is 21.5. The number of rotatable bonds is 5. The molecular formula is C16H23NO2. The number of piperidine rings is 1. The maximum absolute atomic E-state index is 12.3. The molecule has 1 aromatic rings. The molecule has 1 amide bonds. The summed E-state index contributed by atoms with van der Waals surface area (Å²) in [6.07, 6.45) is 4.75. The predicted molar refractivity (Wildman–Crippen MR) is 75.7 cm³/mol. The molecule has 3 heteroatoms. The first-order valence-corrected chi connectivity index (χ1v) is 7.25. The summed E-state index contributed by atoms with van der Waals surface area (Å²) in [7, 11) is 0. The van der Waals surface area contributed by atoms with Gasteiger partial charge >= 0.3 is 0 Å². The van der Waals surface area contributed by atoms with Crippen molar-refractivity contribution in [3.05, 3.63) is 35.9 Å². The number of hydrogen-bond acceptors (Lipinski definition) is 2. The summed E-state index contributed by atoms with van der Waals surface area (Å²) in [6, 6.07) is 9.95. The van der Waals surface area contributed by atoms with Crippen LogP contribution in [0.4, 0.5) is 0 Å². The molecule has 0 aromatic heterocycles. The molecule has 19 heavy (non-hydrogen) atoms. The number of nitrogens with zero attached hydrogens (tertiary/aromatic N) is 1. The first-order valence-electron chi connectivity index (χ1n) is 7.25. The fourth-order valence-electron chi connectivity index (χ4n) is 3.03. The third-order valence-corrected chi connectivity index (χ3v) is 3.92. The molecule has 1 aliphatic heterocycles. The molecule has 3 nitrogen and oxygen atoms in total. The van der Waals surface area contributed by atoms with Gasteiger partial charge in [0.2, 0.25) is 5.91 Å². The second kappa shape index (κ2) is 6.71. The summed E-state index contributed by atoms with van der Waals surface area (Å²) >= 11 is 0. The lowest BCUT2D eigenvalue weighted by molar-refractivity contribution is -0.141. The van der Waals surface area contributed by atoms with Crippen LogP contribution >= 0.6 is 0 Å². The van der Waals surface area contributed by atoms with E-state index in [9.17, 15) is 9.90 Å². The molecule has 0 unspecified atom stereocenters. The highest BCUT2D eigenvalue weighted by Crippen LogP contribution is 2.31. The van der Waals surface area contributed by atoms with Crippen molar-refractivity contribution in [1.29, 1.82) is 0 Å². The van der Waals surface area contributed by atoms with Gasteiger partial charge in [0.15, 0.2) is 0 Å². The number of aliphatic hydroxyl groups excluding tert-OH is 1. The van der Waals surface area contributed by atoms with E-state index in [1.54, 1.807) is 0 Å². The van der Waals surface area contributed by atoms with Crippen LogP contribution < -0.4 is 0 Å². The molecule has 1 N–H and O–H groups in total. The minimum atomic E-state index is -0.189. The van der Waals surface area contributed by atoms with Crippen LogP contribution in [0, 0.1) is 0 Å². The number of benzene rings is 1. The Hall–Kier alpha value is -1.35. The number of amides is 1. The standard InChI is InChI=1S/C16H23NO2/c1-2-7-14-10-6-11-16(19)17(14)15(12-18)13-8-4-3-5-9-13/h3-5,8-9,14-15,18H,2,6-7,10-12H2,1H3/t14-,15-/m0/s1. The van der Waals surface area contributed by atoms with Crippen LogP contribution in [0.5, 0.6) is 0 Å².